The van der Waals surface area contributed by atoms with Crippen molar-refractivity contribution in [2.45, 2.75) is 0 Å². The van der Waals surface area contributed by atoms with Crippen molar-refractivity contribution in [3.63, 3.8) is 0 Å². The third-order valence-electron chi connectivity index (χ3n) is 1.92. The van der Waals surface area contributed by atoms with E-state index in [4.69, 9.17) is 5.11 Å². The standard InChI is InChI=1S/C8H5N3O4/c12-8(13)5-1-2-6-9-3-7(11(14)15)10(6)4-5/h1-4H,(H,12,13). The van der Waals surface area contributed by atoms with Crippen molar-refractivity contribution in [1.82, 2.24) is 9.38 Å². The van der Waals surface area contributed by atoms with Gasteiger partial charge in [0.15, 0.2) is 0 Å². The van der Waals surface area contributed by atoms with Crippen molar-refractivity contribution in [2.24, 2.45) is 0 Å². The lowest BCUT2D eigenvalue weighted by Crippen LogP contribution is -2.00. The van der Waals surface area contributed by atoms with Gasteiger partial charge in [-0.2, -0.15) is 4.40 Å². The van der Waals surface area contributed by atoms with Crippen LogP contribution in [0.4, 0.5) is 5.82 Å². The van der Waals surface area contributed by atoms with Crippen LogP contribution in [-0.4, -0.2) is 25.4 Å². The van der Waals surface area contributed by atoms with E-state index in [-0.39, 0.29) is 11.4 Å². The van der Waals surface area contributed by atoms with Crippen molar-refractivity contribution in [3.05, 3.63) is 40.2 Å². The van der Waals surface area contributed by atoms with Crippen LogP contribution < -0.4 is 0 Å². The molecule has 76 valence electrons. The fourth-order valence-corrected chi connectivity index (χ4v) is 1.23. The number of fused-ring (bicyclic) bond motifs is 1. The number of imidazole rings is 1. The molecule has 0 amide bonds. The first-order valence-electron chi connectivity index (χ1n) is 3.94. The molecule has 7 nitrogen and oxygen atoms in total. The molecule has 0 fully saturated rings. The van der Waals surface area contributed by atoms with Crippen molar-refractivity contribution in [1.29, 1.82) is 0 Å². The third kappa shape index (κ3) is 1.39. The topological polar surface area (TPSA) is 97.7 Å². The number of carboxylic acid groups (broad SMARTS) is 1. The number of aromatic nitrogens is 2. The number of aromatic carboxylic acids is 1. The average Bonchev–Trinajstić information content (AvgIpc) is 2.59. The summed E-state index contributed by atoms with van der Waals surface area (Å²) in [6, 6.07) is 2.75. The van der Waals surface area contributed by atoms with Crippen molar-refractivity contribution in [3.8, 4) is 0 Å². The third-order valence-corrected chi connectivity index (χ3v) is 1.92. The fraction of sp³-hybridized carbons (Fsp3) is 0. The Bertz CT molecular complexity index is 560. The van der Waals surface area contributed by atoms with E-state index in [9.17, 15) is 14.9 Å². The van der Waals surface area contributed by atoms with Gasteiger partial charge in [0.05, 0.1) is 5.56 Å². The minimum Gasteiger partial charge on any atom is -0.478 e. The van der Waals surface area contributed by atoms with Gasteiger partial charge in [-0.05, 0) is 11.0 Å². The summed E-state index contributed by atoms with van der Waals surface area (Å²) < 4.78 is 1.13. The van der Waals surface area contributed by atoms with Gasteiger partial charge in [0.25, 0.3) is 0 Å². The number of nitrogens with zero attached hydrogens (tertiary/aromatic N) is 3. The highest BCUT2D eigenvalue weighted by atomic mass is 16.6. The van der Waals surface area contributed by atoms with E-state index >= 15 is 0 Å². The lowest BCUT2D eigenvalue weighted by molar-refractivity contribution is -0.390. The van der Waals surface area contributed by atoms with Crippen LogP contribution in [0.25, 0.3) is 5.65 Å². The Kier molecular flexibility index (Phi) is 1.86. The molecule has 2 heterocycles. The smallest absolute Gasteiger partial charge is 0.347 e. The van der Waals surface area contributed by atoms with E-state index in [1.165, 1.54) is 18.3 Å². The average molecular weight is 207 g/mol. The van der Waals surface area contributed by atoms with Gasteiger partial charge in [-0.25, -0.2) is 9.78 Å². The summed E-state index contributed by atoms with van der Waals surface area (Å²) in [5.41, 5.74) is 0.315. The van der Waals surface area contributed by atoms with Crippen LogP contribution in [0.5, 0.6) is 0 Å². The zero-order valence-corrected chi connectivity index (χ0v) is 7.32. The molecule has 0 unspecified atom stereocenters. The Labute approximate surface area is 82.7 Å². The monoisotopic (exact) mass is 207 g/mol. The summed E-state index contributed by atoms with van der Waals surface area (Å²) in [7, 11) is 0. The van der Waals surface area contributed by atoms with E-state index in [0.717, 1.165) is 10.6 Å². The summed E-state index contributed by atoms with van der Waals surface area (Å²) in [6.07, 6.45) is 2.25. The number of hydrogen-bond acceptors (Lipinski definition) is 4. The predicted molar refractivity (Wildman–Crippen MR) is 48.8 cm³/mol. The molecular formula is C8H5N3O4. The summed E-state index contributed by atoms with van der Waals surface area (Å²) in [5.74, 6) is -1.40. The number of hydrogen-bond donors (Lipinski definition) is 1. The zero-order chi connectivity index (χ0) is 11.0. The van der Waals surface area contributed by atoms with Crippen LogP contribution in [0, 0.1) is 10.1 Å². The van der Waals surface area contributed by atoms with Gasteiger partial charge >= 0.3 is 11.8 Å². The normalized spacial score (nSPS) is 10.4. The molecule has 0 aliphatic carbocycles. The maximum atomic E-state index is 10.6. The second-order valence-electron chi connectivity index (χ2n) is 2.82. The first-order chi connectivity index (χ1) is 7.09. The SMILES string of the molecule is O=C(O)c1ccc2ncc([N+](=O)[O-])n2c1. The van der Waals surface area contributed by atoms with E-state index in [1.807, 2.05) is 0 Å². The van der Waals surface area contributed by atoms with Crippen LogP contribution in [0.3, 0.4) is 0 Å². The summed E-state index contributed by atoms with van der Waals surface area (Å²) in [5, 5.41) is 19.3. The molecule has 0 aromatic carbocycles. The Hall–Kier alpha value is -2.44. The van der Waals surface area contributed by atoms with Crippen LogP contribution in [0.15, 0.2) is 24.5 Å². The first-order valence-corrected chi connectivity index (χ1v) is 3.94. The molecule has 7 heteroatoms. The van der Waals surface area contributed by atoms with Crippen LogP contribution >= 0.6 is 0 Å². The Morgan fingerprint density at radius 1 is 1.53 bits per heavy atom. The molecule has 0 bridgehead atoms. The largest absolute Gasteiger partial charge is 0.478 e. The summed E-state index contributed by atoms with van der Waals surface area (Å²) in [6.45, 7) is 0. The van der Waals surface area contributed by atoms with Gasteiger partial charge in [-0.1, -0.05) is 0 Å². The second-order valence-corrected chi connectivity index (χ2v) is 2.82. The van der Waals surface area contributed by atoms with Crippen molar-refractivity contribution < 1.29 is 14.8 Å². The number of pyridine rings is 1. The lowest BCUT2D eigenvalue weighted by Gasteiger charge is -1.94. The highest BCUT2D eigenvalue weighted by Crippen LogP contribution is 2.15. The number of carboxylic acids is 1. The van der Waals surface area contributed by atoms with Crippen LogP contribution in [-0.2, 0) is 0 Å². The number of carbonyl (C=O) groups is 1. The van der Waals surface area contributed by atoms with Gasteiger partial charge < -0.3 is 15.2 Å². The van der Waals surface area contributed by atoms with Crippen LogP contribution in [0.2, 0.25) is 0 Å². The molecule has 0 saturated heterocycles. The molecule has 0 saturated carbocycles. The molecule has 2 rings (SSSR count). The van der Waals surface area contributed by atoms with Gasteiger partial charge in [0.1, 0.15) is 12.4 Å². The molecule has 0 aliphatic heterocycles. The van der Waals surface area contributed by atoms with Crippen LogP contribution in [0.1, 0.15) is 10.4 Å². The molecule has 0 radical (unpaired) electrons. The first kappa shape index (κ1) is 9.13. The van der Waals surface area contributed by atoms with Gasteiger partial charge in [-0.15, -0.1) is 0 Å². The van der Waals surface area contributed by atoms with Gasteiger partial charge in [0.2, 0.25) is 5.65 Å². The molecule has 15 heavy (non-hydrogen) atoms. The van der Waals surface area contributed by atoms with Gasteiger partial charge in [-0.3, -0.25) is 0 Å². The van der Waals surface area contributed by atoms with E-state index in [0.29, 0.717) is 5.65 Å². The van der Waals surface area contributed by atoms with Gasteiger partial charge in [0, 0.05) is 6.07 Å². The molecule has 2 aromatic heterocycles. The number of nitro groups is 1. The maximum Gasteiger partial charge on any atom is 0.347 e. The minimum absolute atomic E-state index is 0.0244. The quantitative estimate of drug-likeness (QED) is 0.583. The predicted octanol–water partition coefficient (Wildman–Crippen LogP) is 0.941. The molecule has 0 atom stereocenters. The van der Waals surface area contributed by atoms with Crippen molar-refractivity contribution in [2.75, 3.05) is 0 Å². The van der Waals surface area contributed by atoms with E-state index in [1.54, 1.807) is 0 Å². The highest BCUT2D eigenvalue weighted by molar-refractivity contribution is 5.87. The molecule has 1 N–H and O–H groups in total. The van der Waals surface area contributed by atoms with E-state index < -0.39 is 10.9 Å². The lowest BCUT2D eigenvalue weighted by atomic mass is 10.3. The Balaban J connectivity index is 2.72. The molecule has 2 aromatic rings. The Morgan fingerprint density at radius 2 is 2.27 bits per heavy atom. The van der Waals surface area contributed by atoms with Crippen molar-refractivity contribution >= 4 is 17.4 Å². The zero-order valence-electron chi connectivity index (χ0n) is 7.32. The Morgan fingerprint density at radius 3 is 2.87 bits per heavy atom. The second kappa shape index (κ2) is 3.05. The molecule has 0 spiro atoms. The summed E-state index contributed by atoms with van der Waals surface area (Å²) >= 11 is 0. The molecule has 0 aliphatic rings. The minimum atomic E-state index is -1.14. The molecular weight excluding hydrogens is 202 g/mol. The fourth-order valence-electron chi connectivity index (χ4n) is 1.23. The summed E-state index contributed by atoms with van der Waals surface area (Å²) in [4.78, 5) is 24.3. The maximum absolute atomic E-state index is 10.6. The highest BCUT2D eigenvalue weighted by Gasteiger charge is 2.15. The number of rotatable bonds is 2. The van der Waals surface area contributed by atoms with E-state index in [2.05, 4.69) is 4.98 Å².